The van der Waals surface area contributed by atoms with Gasteiger partial charge in [-0.3, -0.25) is 9.89 Å². The second-order valence-corrected chi connectivity index (χ2v) is 5.18. The zero-order chi connectivity index (χ0) is 15.7. The van der Waals surface area contributed by atoms with E-state index in [0.717, 1.165) is 18.7 Å². The van der Waals surface area contributed by atoms with Gasteiger partial charge in [-0.25, -0.2) is 0 Å². The Kier molecular flexibility index (Phi) is 10.9. The standard InChI is InChI=1S/C17H28N4.HI/c1-5-21(6-2)16(15-10-8-7-9-11-15)13-20-17(18)19-12-14(3)4;/h7-11,16H,3,5-6,12-13H2,1-2,4H3,(H3,18,19,20);1H. The van der Waals surface area contributed by atoms with E-state index in [4.69, 9.17) is 5.73 Å². The first kappa shape index (κ1) is 20.9. The van der Waals surface area contributed by atoms with Crippen LogP contribution in [-0.2, 0) is 0 Å². The molecule has 0 bridgehead atoms. The molecule has 0 amide bonds. The fraction of sp³-hybridized carbons (Fsp3) is 0.471. The van der Waals surface area contributed by atoms with Crippen molar-refractivity contribution in [3.63, 3.8) is 0 Å². The van der Waals surface area contributed by atoms with E-state index in [1.54, 1.807) is 0 Å². The molecule has 0 radical (unpaired) electrons. The molecule has 1 aromatic rings. The number of benzene rings is 1. The van der Waals surface area contributed by atoms with Gasteiger partial charge >= 0.3 is 0 Å². The van der Waals surface area contributed by atoms with Crippen molar-refractivity contribution in [3.8, 4) is 0 Å². The Bertz CT molecular complexity index is 455. The third-order valence-corrected chi connectivity index (χ3v) is 3.44. The second-order valence-electron chi connectivity index (χ2n) is 5.18. The zero-order valence-electron chi connectivity index (χ0n) is 13.9. The van der Waals surface area contributed by atoms with Crippen molar-refractivity contribution in [2.45, 2.75) is 26.8 Å². The van der Waals surface area contributed by atoms with Gasteiger partial charge in [0.05, 0.1) is 12.6 Å². The van der Waals surface area contributed by atoms with Crippen molar-refractivity contribution < 1.29 is 0 Å². The molecular weight excluding hydrogens is 387 g/mol. The Hall–Kier alpha value is -1.08. The smallest absolute Gasteiger partial charge is 0.188 e. The summed E-state index contributed by atoms with van der Waals surface area (Å²) in [5.41, 5.74) is 8.22. The average Bonchev–Trinajstić information content (AvgIpc) is 2.50. The topological polar surface area (TPSA) is 53.6 Å². The van der Waals surface area contributed by atoms with E-state index in [1.165, 1.54) is 5.56 Å². The lowest BCUT2D eigenvalue weighted by Crippen LogP contribution is -2.35. The van der Waals surface area contributed by atoms with Gasteiger partial charge in [0.1, 0.15) is 0 Å². The summed E-state index contributed by atoms with van der Waals surface area (Å²) >= 11 is 0. The minimum absolute atomic E-state index is 0. The highest BCUT2D eigenvalue weighted by Crippen LogP contribution is 2.20. The maximum atomic E-state index is 5.91. The van der Waals surface area contributed by atoms with Gasteiger partial charge in [-0.2, -0.15) is 0 Å². The summed E-state index contributed by atoms with van der Waals surface area (Å²) in [5, 5.41) is 3.07. The van der Waals surface area contributed by atoms with Crippen molar-refractivity contribution in [2.24, 2.45) is 10.7 Å². The average molecular weight is 416 g/mol. The molecule has 0 saturated carbocycles. The van der Waals surface area contributed by atoms with Gasteiger partial charge in [0.25, 0.3) is 0 Å². The first-order valence-electron chi connectivity index (χ1n) is 7.55. The van der Waals surface area contributed by atoms with Gasteiger partial charge in [0, 0.05) is 6.54 Å². The molecule has 4 nitrogen and oxygen atoms in total. The zero-order valence-corrected chi connectivity index (χ0v) is 16.2. The van der Waals surface area contributed by atoms with Crippen LogP contribution in [0.3, 0.4) is 0 Å². The number of guanidine groups is 1. The lowest BCUT2D eigenvalue weighted by atomic mass is 10.1. The van der Waals surface area contributed by atoms with Crippen LogP contribution < -0.4 is 11.1 Å². The third kappa shape index (κ3) is 7.26. The summed E-state index contributed by atoms with van der Waals surface area (Å²) in [7, 11) is 0. The molecule has 0 aromatic heterocycles. The summed E-state index contributed by atoms with van der Waals surface area (Å²) in [4.78, 5) is 6.88. The minimum Gasteiger partial charge on any atom is -0.370 e. The molecule has 0 aliphatic rings. The van der Waals surface area contributed by atoms with Crippen LogP contribution in [0.1, 0.15) is 32.4 Å². The number of nitrogens with two attached hydrogens (primary N) is 1. The summed E-state index contributed by atoms with van der Waals surface area (Å²) in [5.74, 6) is 0.478. The van der Waals surface area contributed by atoms with Crippen molar-refractivity contribution in [1.29, 1.82) is 0 Å². The number of likely N-dealkylation sites (N-methyl/N-ethyl adjacent to an activating group) is 1. The van der Waals surface area contributed by atoms with Gasteiger partial charge in [0.15, 0.2) is 5.96 Å². The van der Waals surface area contributed by atoms with Crippen LogP contribution in [0.4, 0.5) is 0 Å². The number of aliphatic imine (C=N–C) groups is 1. The normalized spacial score (nSPS) is 12.6. The lowest BCUT2D eigenvalue weighted by Gasteiger charge is -2.29. The van der Waals surface area contributed by atoms with Gasteiger partial charge < -0.3 is 11.1 Å². The summed E-state index contributed by atoms with van der Waals surface area (Å²) < 4.78 is 0. The molecule has 22 heavy (non-hydrogen) atoms. The van der Waals surface area contributed by atoms with E-state index in [9.17, 15) is 0 Å². The fourth-order valence-corrected chi connectivity index (χ4v) is 2.25. The van der Waals surface area contributed by atoms with Gasteiger partial charge in [-0.05, 0) is 25.6 Å². The molecule has 0 aliphatic heterocycles. The van der Waals surface area contributed by atoms with Crippen molar-refractivity contribution in [3.05, 3.63) is 48.0 Å². The van der Waals surface area contributed by atoms with Crippen LogP contribution in [0, 0.1) is 0 Å². The minimum atomic E-state index is 0. The molecule has 0 heterocycles. The molecular formula is C17H29IN4. The number of nitrogens with one attached hydrogen (secondary N) is 1. The first-order valence-corrected chi connectivity index (χ1v) is 7.55. The van der Waals surface area contributed by atoms with Gasteiger partial charge in [0.2, 0.25) is 0 Å². The van der Waals surface area contributed by atoms with Crippen LogP contribution in [-0.4, -0.2) is 37.0 Å². The number of nitrogens with zero attached hydrogens (tertiary/aromatic N) is 2. The monoisotopic (exact) mass is 416 g/mol. The molecule has 0 aliphatic carbocycles. The molecule has 1 unspecified atom stereocenters. The number of hydrogen-bond donors (Lipinski definition) is 2. The summed E-state index contributed by atoms with van der Waals surface area (Å²) in [6.07, 6.45) is 0. The fourth-order valence-electron chi connectivity index (χ4n) is 2.25. The molecule has 1 aromatic carbocycles. The van der Waals surface area contributed by atoms with E-state index in [0.29, 0.717) is 19.0 Å². The quantitative estimate of drug-likeness (QED) is 0.296. The summed E-state index contributed by atoms with van der Waals surface area (Å²) in [6.45, 7) is 13.4. The van der Waals surface area contributed by atoms with Crippen molar-refractivity contribution >= 4 is 29.9 Å². The molecule has 0 spiro atoms. The van der Waals surface area contributed by atoms with Crippen LogP contribution in [0.15, 0.2) is 47.5 Å². The third-order valence-electron chi connectivity index (χ3n) is 3.44. The van der Waals surface area contributed by atoms with E-state index in [-0.39, 0.29) is 30.0 Å². The van der Waals surface area contributed by atoms with E-state index >= 15 is 0 Å². The van der Waals surface area contributed by atoms with Crippen LogP contribution in [0.2, 0.25) is 0 Å². The predicted molar refractivity (Wildman–Crippen MR) is 107 cm³/mol. The van der Waals surface area contributed by atoms with E-state index < -0.39 is 0 Å². The molecule has 1 rings (SSSR count). The molecule has 0 saturated heterocycles. The Morgan fingerprint density at radius 3 is 2.36 bits per heavy atom. The van der Waals surface area contributed by atoms with Crippen LogP contribution >= 0.6 is 24.0 Å². The van der Waals surface area contributed by atoms with Crippen LogP contribution in [0.5, 0.6) is 0 Å². The van der Waals surface area contributed by atoms with Gasteiger partial charge in [-0.15, -0.1) is 24.0 Å². The van der Waals surface area contributed by atoms with Gasteiger partial charge in [-0.1, -0.05) is 56.3 Å². The van der Waals surface area contributed by atoms with E-state index in [1.807, 2.05) is 13.0 Å². The predicted octanol–water partition coefficient (Wildman–Crippen LogP) is 3.17. The van der Waals surface area contributed by atoms with Crippen molar-refractivity contribution in [2.75, 3.05) is 26.2 Å². The summed E-state index contributed by atoms with van der Waals surface area (Å²) in [6, 6.07) is 10.7. The van der Waals surface area contributed by atoms with Crippen molar-refractivity contribution in [1.82, 2.24) is 10.2 Å². The SMILES string of the molecule is C=C(C)CNC(N)=NCC(c1ccccc1)N(CC)CC.I. The maximum Gasteiger partial charge on any atom is 0.188 e. The number of hydrogen-bond acceptors (Lipinski definition) is 2. The molecule has 124 valence electrons. The Morgan fingerprint density at radius 1 is 1.27 bits per heavy atom. The lowest BCUT2D eigenvalue weighted by molar-refractivity contribution is 0.224. The Morgan fingerprint density at radius 2 is 1.86 bits per heavy atom. The molecule has 0 fully saturated rings. The number of rotatable bonds is 8. The highest BCUT2D eigenvalue weighted by molar-refractivity contribution is 14.0. The largest absolute Gasteiger partial charge is 0.370 e. The maximum absolute atomic E-state index is 5.91. The molecule has 1 atom stereocenters. The Labute approximate surface area is 151 Å². The molecule has 3 N–H and O–H groups in total. The first-order chi connectivity index (χ1) is 10.1. The highest BCUT2D eigenvalue weighted by Gasteiger charge is 2.17. The Balaban J connectivity index is 0.00000441. The molecule has 5 heteroatoms. The second kappa shape index (κ2) is 11.5. The van der Waals surface area contributed by atoms with Crippen LogP contribution in [0.25, 0.3) is 0 Å². The number of halogens is 1. The van der Waals surface area contributed by atoms with E-state index in [2.05, 4.69) is 59.9 Å². The highest BCUT2D eigenvalue weighted by atomic mass is 127.